The molecule has 0 N–H and O–H groups in total. The highest BCUT2D eigenvalue weighted by Crippen LogP contribution is 2.22. The van der Waals surface area contributed by atoms with Crippen LogP contribution in [-0.2, 0) is 0 Å². The van der Waals surface area contributed by atoms with Crippen LogP contribution in [0.4, 0.5) is 0 Å². The van der Waals surface area contributed by atoms with Gasteiger partial charge in [-0.25, -0.2) is 4.98 Å². The molecule has 1 fully saturated rings. The third-order valence-corrected chi connectivity index (χ3v) is 3.87. The number of carbonyl (C=O) groups is 1. The number of pyridine rings is 1. The van der Waals surface area contributed by atoms with Crippen LogP contribution in [0.15, 0.2) is 54.9 Å². The Balaban J connectivity index is 1.52. The molecule has 5 nitrogen and oxygen atoms in total. The fourth-order valence-corrected chi connectivity index (χ4v) is 2.63. The molecule has 0 unspecified atom stereocenters. The molecule has 1 saturated heterocycles. The van der Waals surface area contributed by atoms with E-state index in [9.17, 15) is 4.79 Å². The molecule has 0 spiro atoms. The van der Waals surface area contributed by atoms with Gasteiger partial charge in [0.2, 0.25) is 0 Å². The second-order valence-corrected chi connectivity index (χ2v) is 5.24. The topological polar surface area (TPSA) is 51.0 Å². The van der Waals surface area contributed by atoms with E-state index in [2.05, 4.69) is 10.1 Å². The summed E-state index contributed by atoms with van der Waals surface area (Å²) in [7, 11) is 0. The first-order valence-corrected chi connectivity index (χ1v) is 6.95. The van der Waals surface area contributed by atoms with Crippen molar-refractivity contribution in [1.29, 1.82) is 0 Å². The summed E-state index contributed by atoms with van der Waals surface area (Å²) >= 11 is 0. The first kappa shape index (κ1) is 12.1. The highest BCUT2D eigenvalue weighted by Gasteiger charge is 2.33. The van der Waals surface area contributed by atoms with E-state index in [1.54, 1.807) is 12.3 Å². The van der Waals surface area contributed by atoms with E-state index in [4.69, 9.17) is 0 Å². The number of likely N-dealkylation sites (tertiary alicyclic amines) is 1. The van der Waals surface area contributed by atoms with E-state index in [0.717, 1.165) is 10.9 Å². The van der Waals surface area contributed by atoms with Crippen molar-refractivity contribution in [1.82, 2.24) is 19.7 Å². The summed E-state index contributed by atoms with van der Waals surface area (Å²) in [6, 6.07) is 13.7. The Morgan fingerprint density at radius 1 is 1.10 bits per heavy atom. The summed E-state index contributed by atoms with van der Waals surface area (Å²) in [5.74, 6) is -0.0100. The van der Waals surface area contributed by atoms with E-state index in [0.29, 0.717) is 18.8 Å². The molecule has 0 radical (unpaired) electrons. The van der Waals surface area contributed by atoms with Crippen LogP contribution in [0, 0.1) is 0 Å². The molecule has 5 heteroatoms. The van der Waals surface area contributed by atoms with Gasteiger partial charge in [-0.2, -0.15) is 5.10 Å². The minimum Gasteiger partial charge on any atom is -0.333 e. The predicted molar refractivity (Wildman–Crippen MR) is 78.9 cm³/mol. The average Bonchev–Trinajstić information content (AvgIpc) is 2.99. The lowest BCUT2D eigenvalue weighted by Gasteiger charge is -2.38. The van der Waals surface area contributed by atoms with Gasteiger partial charge in [-0.05, 0) is 18.2 Å². The number of hydrogen-bond acceptors (Lipinski definition) is 3. The number of fused-ring (bicyclic) bond motifs is 1. The number of hydrogen-bond donors (Lipinski definition) is 0. The summed E-state index contributed by atoms with van der Waals surface area (Å²) < 4.78 is 1.90. The second-order valence-electron chi connectivity index (χ2n) is 5.24. The van der Waals surface area contributed by atoms with Crippen molar-refractivity contribution in [2.75, 3.05) is 13.1 Å². The van der Waals surface area contributed by atoms with Crippen LogP contribution in [0.3, 0.4) is 0 Å². The summed E-state index contributed by atoms with van der Waals surface area (Å²) in [6.45, 7) is 1.38. The maximum absolute atomic E-state index is 12.4. The van der Waals surface area contributed by atoms with Gasteiger partial charge in [0.25, 0.3) is 5.91 Å². The SMILES string of the molecule is O=C(c1ccc2ccccc2n1)N1CC(n2cccn2)C1. The van der Waals surface area contributed by atoms with Gasteiger partial charge in [0.15, 0.2) is 0 Å². The lowest BCUT2D eigenvalue weighted by atomic mass is 10.1. The number of aromatic nitrogens is 3. The van der Waals surface area contributed by atoms with Crippen molar-refractivity contribution in [3.05, 3.63) is 60.6 Å². The number of para-hydroxylation sites is 1. The van der Waals surface area contributed by atoms with E-state index in [1.165, 1.54) is 0 Å². The lowest BCUT2D eigenvalue weighted by molar-refractivity contribution is 0.0496. The van der Waals surface area contributed by atoms with Crippen LogP contribution < -0.4 is 0 Å². The molecule has 21 heavy (non-hydrogen) atoms. The number of nitrogens with zero attached hydrogens (tertiary/aromatic N) is 4. The van der Waals surface area contributed by atoms with E-state index in [-0.39, 0.29) is 11.9 Å². The Morgan fingerprint density at radius 2 is 1.95 bits per heavy atom. The van der Waals surface area contributed by atoms with Gasteiger partial charge in [-0.3, -0.25) is 9.48 Å². The van der Waals surface area contributed by atoms with Crippen LogP contribution >= 0.6 is 0 Å². The zero-order valence-electron chi connectivity index (χ0n) is 11.4. The number of benzene rings is 1. The summed E-state index contributed by atoms with van der Waals surface area (Å²) in [5.41, 5.74) is 1.36. The van der Waals surface area contributed by atoms with Gasteiger partial charge in [-0.1, -0.05) is 24.3 Å². The molecule has 1 aromatic carbocycles. The Labute approximate surface area is 121 Å². The van der Waals surface area contributed by atoms with Gasteiger partial charge >= 0.3 is 0 Å². The van der Waals surface area contributed by atoms with Gasteiger partial charge in [0, 0.05) is 30.9 Å². The molecule has 3 heterocycles. The highest BCUT2D eigenvalue weighted by molar-refractivity contribution is 5.95. The highest BCUT2D eigenvalue weighted by atomic mass is 16.2. The van der Waals surface area contributed by atoms with Crippen molar-refractivity contribution in [2.45, 2.75) is 6.04 Å². The van der Waals surface area contributed by atoms with Crippen molar-refractivity contribution >= 4 is 16.8 Å². The molecule has 2 aromatic heterocycles. The quantitative estimate of drug-likeness (QED) is 0.721. The minimum absolute atomic E-state index is 0.0100. The van der Waals surface area contributed by atoms with Crippen LogP contribution in [0.1, 0.15) is 16.5 Å². The zero-order chi connectivity index (χ0) is 14.2. The van der Waals surface area contributed by atoms with Crippen LogP contribution in [0.25, 0.3) is 10.9 Å². The Bertz CT molecular complexity index is 791. The molecule has 0 aliphatic carbocycles. The van der Waals surface area contributed by atoms with Crippen molar-refractivity contribution in [3.8, 4) is 0 Å². The van der Waals surface area contributed by atoms with Gasteiger partial charge in [-0.15, -0.1) is 0 Å². The second kappa shape index (κ2) is 4.70. The van der Waals surface area contributed by atoms with Crippen LogP contribution in [0.2, 0.25) is 0 Å². The third kappa shape index (κ3) is 2.07. The number of carbonyl (C=O) groups excluding carboxylic acids is 1. The predicted octanol–water partition coefficient (Wildman–Crippen LogP) is 2.13. The molecule has 0 atom stereocenters. The lowest BCUT2D eigenvalue weighted by Crippen LogP contribution is -2.51. The normalized spacial score (nSPS) is 15.1. The van der Waals surface area contributed by atoms with E-state index >= 15 is 0 Å². The third-order valence-electron chi connectivity index (χ3n) is 3.87. The molecule has 3 aromatic rings. The summed E-state index contributed by atoms with van der Waals surface area (Å²) in [6.07, 6.45) is 3.69. The Hall–Kier alpha value is -2.69. The Kier molecular flexibility index (Phi) is 2.70. The van der Waals surface area contributed by atoms with Crippen molar-refractivity contribution in [2.24, 2.45) is 0 Å². The molecule has 0 saturated carbocycles. The maximum atomic E-state index is 12.4. The molecule has 1 aliphatic heterocycles. The summed E-state index contributed by atoms with van der Waals surface area (Å²) in [4.78, 5) is 18.7. The molecular weight excluding hydrogens is 264 g/mol. The Morgan fingerprint density at radius 3 is 2.76 bits per heavy atom. The fourth-order valence-electron chi connectivity index (χ4n) is 2.63. The first-order valence-electron chi connectivity index (χ1n) is 6.95. The average molecular weight is 278 g/mol. The van der Waals surface area contributed by atoms with Gasteiger partial charge in [0.1, 0.15) is 5.69 Å². The molecule has 104 valence electrons. The molecule has 0 bridgehead atoms. The number of rotatable bonds is 2. The van der Waals surface area contributed by atoms with E-state index < -0.39 is 0 Å². The zero-order valence-corrected chi connectivity index (χ0v) is 11.4. The fraction of sp³-hybridized carbons (Fsp3) is 0.188. The minimum atomic E-state index is -0.0100. The summed E-state index contributed by atoms with van der Waals surface area (Å²) in [5, 5.41) is 5.26. The standard InChI is InChI=1S/C16H14N4O/c21-16(19-10-13(11-19)20-9-3-8-17-20)15-7-6-12-4-1-2-5-14(12)18-15/h1-9,13H,10-11H2. The van der Waals surface area contributed by atoms with Gasteiger partial charge in [0.05, 0.1) is 11.6 Å². The van der Waals surface area contributed by atoms with E-state index in [1.807, 2.05) is 52.2 Å². The van der Waals surface area contributed by atoms with Crippen molar-refractivity contribution < 1.29 is 4.79 Å². The van der Waals surface area contributed by atoms with Gasteiger partial charge < -0.3 is 4.90 Å². The molecule has 1 amide bonds. The first-order chi connectivity index (χ1) is 10.3. The van der Waals surface area contributed by atoms with Crippen LogP contribution in [0.5, 0.6) is 0 Å². The molecular formula is C16H14N4O. The van der Waals surface area contributed by atoms with Crippen LogP contribution in [-0.4, -0.2) is 38.7 Å². The smallest absolute Gasteiger partial charge is 0.272 e. The monoisotopic (exact) mass is 278 g/mol. The number of amides is 1. The largest absolute Gasteiger partial charge is 0.333 e. The molecule has 4 rings (SSSR count). The maximum Gasteiger partial charge on any atom is 0.272 e. The molecule has 1 aliphatic rings. The van der Waals surface area contributed by atoms with Crippen molar-refractivity contribution in [3.63, 3.8) is 0 Å².